The zero-order valence-corrected chi connectivity index (χ0v) is 8.01. The molecule has 80 valence electrons. The highest BCUT2D eigenvalue weighted by Gasteiger charge is 2.17. The molecule has 0 aliphatic heterocycles. The molecule has 15 heavy (non-hydrogen) atoms. The van der Waals surface area contributed by atoms with Crippen LogP contribution in [-0.2, 0) is 4.79 Å². The van der Waals surface area contributed by atoms with Crippen LogP contribution in [0.15, 0.2) is 24.3 Å². The molecule has 5 N–H and O–H groups in total. The fourth-order valence-electron chi connectivity index (χ4n) is 1.26. The maximum absolute atomic E-state index is 10.8. The van der Waals surface area contributed by atoms with E-state index in [2.05, 4.69) is 0 Å². The van der Waals surface area contributed by atoms with Crippen molar-refractivity contribution in [1.29, 1.82) is 0 Å². The Hall–Kier alpha value is -1.88. The first kappa shape index (κ1) is 11.2. The molecular formula is C10H12N2O3. The molecule has 1 aromatic rings. The molecule has 0 fully saturated rings. The molecule has 0 radical (unpaired) electrons. The first-order valence-electron chi connectivity index (χ1n) is 4.39. The Morgan fingerprint density at radius 3 is 2.13 bits per heavy atom. The van der Waals surface area contributed by atoms with Gasteiger partial charge in [0.1, 0.15) is 0 Å². The molecule has 0 aliphatic rings. The van der Waals surface area contributed by atoms with E-state index >= 15 is 0 Å². The molecule has 1 rings (SSSR count). The van der Waals surface area contributed by atoms with Crippen LogP contribution in [0, 0.1) is 0 Å². The average molecular weight is 208 g/mol. The number of nitrogens with two attached hydrogens (primary N) is 2. The Balaban J connectivity index is 2.97. The first-order chi connectivity index (χ1) is 7.06. The molecule has 0 aliphatic carbocycles. The number of hydrogen-bond donors (Lipinski definition) is 3. The van der Waals surface area contributed by atoms with E-state index in [1.165, 1.54) is 12.1 Å². The van der Waals surface area contributed by atoms with Crippen molar-refractivity contribution >= 4 is 11.9 Å². The summed E-state index contributed by atoms with van der Waals surface area (Å²) in [5, 5.41) is 8.83. The van der Waals surface area contributed by atoms with Gasteiger partial charge in [0.05, 0.1) is 5.92 Å². The quantitative estimate of drug-likeness (QED) is 0.642. The van der Waals surface area contributed by atoms with Crippen molar-refractivity contribution in [3.63, 3.8) is 0 Å². The highest BCUT2D eigenvalue weighted by molar-refractivity contribution is 5.92. The van der Waals surface area contributed by atoms with Crippen LogP contribution < -0.4 is 11.5 Å². The van der Waals surface area contributed by atoms with Crippen LogP contribution in [0.25, 0.3) is 0 Å². The molecule has 0 saturated heterocycles. The zero-order chi connectivity index (χ0) is 11.4. The molecule has 1 amide bonds. The van der Waals surface area contributed by atoms with E-state index in [4.69, 9.17) is 16.6 Å². The van der Waals surface area contributed by atoms with Crippen molar-refractivity contribution in [2.45, 2.75) is 5.92 Å². The second kappa shape index (κ2) is 4.56. The van der Waals surface area contributed by atoms with E-state index in [0.29, 0.717) is 11.1 Å². The molecule has 5 nitrogen and oxygen atoms in total. The minimum atomic E-state index is -0.982. The molecule has 0 aromatic heterocycles. The number of benzene rings is 1. The van der Waals surface area contributed by atoms with Gasteiger partial charge in [-0.1, -0.05) is 12.1 Å². The van der Waals surface area contributed by atoms with Gasteiger partial charge in [-0.15, -0.1) is 0 Å². The van der Waals surface area contributed by atoms with Gasteiger partial charge in [-0.25, -0.2) is 0 Å². The van der Waals surface area contributed by atoms with Crippen molar-refractivity contribution in [3.05, 3.63) is 35.4 Å². The maximum atomic E-state index is 10.8. The number of carboxylic acid groups (broad SMARTS) is 1. The Labute approximate surface area is 86.7 Å². The number of rotatable bonds is 4. The minimum absolute atomic E-state index is 0.0191. The Bertz CT molecular complexity index is 373. The van der Waals surface area contributed by atoms with E-state index in [9.17, 15) is 9.59 Å². The number of carbonyl (C=O) groups excluding carboxylic acids is 1. The van der Waals surface area contributed by atoms with E-state index in [1.807, 2.05) is 0 Å². The van der Waals surface area contributed by atoms with Crippen LogP contribution in [0.3, 0.4) is 0 Å². The van der Waals surface area contributed by atoms with E-state index in [1.54, 1.807) is 12.1 Å². The molecule has 1 atom stereocenters. The Morgan fingerprint density at radius 2 is 1.80 bits per heavy atom. The van der Waals surface area contributed by atoms with Gasteiger partial charge in [0, 0.05) is 12.1 Å². The van der Waals surface area contributed by atoms with Gasteiger partial charge in [0.15, 0.2) is 0 Å². The van der Waals surface area contributed by atoms with Crippen molar-refractivity contribution in [2.24, 2.45) is 11.5 Å². The first-order valence-corrected chi connectivity index (χ1v) is 4.39. The summed E-state index contributed by atoms with van der Waals surface area (Å²) < 4.78 is 0. The Morgan fingerprint density at radius 1 is 1.27 bits per heavy atom. The van der Waals surface area contributed by atoms with Crippen LogP contribution in [0.1, 0.15) is 21.8 Å². The van der Waals surface area contributed by atoms with Crippen LogP contribution in [-0.4, -0.2) is 23.5 Å². The van der Waals surface area contributed by atoms with Crippen LogP contribution in [0.5, 0.6) is 0 Å². The van der Waals surface area contributed by atoms with Crippen molar-refractivity contribution in [1.82, 2.24) is 0 Å². The number of carboxylic acids is 1. The lowest BCUT2D eigenvalue weighted by atomic mass is 9.98. The fourth-order valence-corrected chi connectivity index (χ4v) is 1.26. The van der Waals surface area contributed by atoms with Crippen molar-refractivity contribution in [2.75, 3.05) is 6.54 Å². The third kappa shape index (κ3) is 2.54. The molecule has 5 heteroatoms. The van der Waals surface area contributed by atoms with Gasteiger partial charge in [-0.2, -0.15) is 0 Å². The molecule has 0 bridgehead atoms. The molecule has 0 spiro atoms. The topological polar surface area (TPSA) is 106 Å². The van der Waals surface area contributed by atoms with Gasteiger partial charge < -0.3 is 16.6 Å². The van der Waals surface area contributed by atoms with Gasteiger partial charge in [-0.3, -0.25) is 9.59 Å². The summed E-state index contributed by atoms with van der Waals surface area (Å²) in [6, 6.07) is 6.07. The third-order valence-corrected chi connectivity index (χ3v) is 2.13. The maximum Gasteiger partial charge on any atom is 0.312 e. The highest BCUT2D eigenvalue weighted by atomic mass is 16.4. The zero-order valence-electron chi connectivity index (χ0n) is 8.01. The minimum Gasteiger partial charge on any atom is -0.481 e. The summed E-state index contributed by atoms with van der Waals surface area (Å²) in [5.74, 6) is -2.27. The van der Waals surface area contributed by atoms with Crippen molar-refractivity contribution in [3.8, 4) is 0 Å². The van der Waals surface area contributed by atoms with Gasteiger partial charge in [0.25, 0.3) is 0 Å². The van der Waals surface area contributed by atoms with Gasteiger partial charge in [0.2, 0.25) is 5.91 Å². The SMILES string of the molecule is NCC(C(=O)O)c1ccc(C(N)=O)cc1. The number of aliphatic carboxylic acids is 1. The van der Waals surface area contributed by atoms with E-state index < -0.39 is 17.8 Å². The Kier molecular flexibility index (Phi) is 3.41. The number of hydrogen-bond acceptors (Lipinski definition) is 3. The summed E-state index contributed by atoms with van der Waals surface area (Å²) >= 11 is 0. The number of primary amides is 1. The second-order valence-electron chi connectivity index (χ2n) is 3.11. The van der Waals surface area contributed by atoms with Gasteiger partial charge in [-0.05, 0) is 17.7 Å². The average Bonchev–Trinajstić information content (AvgIpc) is 2.19. The molecule has 0 heterocycles. The summed E-state index contributed by atoms with van der Waals surface area (Å²) in [6.07, 6.45) is 0. The van der Waals surface area contributed by atoms with Crippen LogP contribution in [0.4, 0.5) is 0 Å². The second-order valence-corrected chi connectivity index (χ2v) is 3.11. The predicted octanol–water partition coefficient (Wildman–Crippen LogP) is -0.0876. The predicted molar refractivity (Wildman–Crippen MR) is 54.4 cm³/mol. The highest BCUT2D eigenvalue weighted by Crippen LogP contribution is 2.15. The summed E-state index contributed by atoms with van der Waals surface area (Å²) in [6.45, 7) is 0.0191. The third-order valence-electron chi connectivity index (χ3n) is 2.13. The largest absolute Gasteiger partial charge is 0.481 e. The summed E-state index contributed by atoms with van der Waals surface area (Å²) in [4.78, 5) is 21.5. The fraction of sp³-hybridized carbons (Fsp3) is 0.200. The summed E-state index contributed by atoms with van der Waals surface area (Å²) in [5.41, 5.74) is 11.3. The molecular weight excluding hydrogens is 196 g/mol. The number of amides is 1. The normalized spacial score (nSPS) is 12.1. The van der Waals surface area contributed by atoms with Crippen LogP contribution >= 0.6 is 0 Å². The molecule has 1 aromatic carbocycles. The summed E-state index contributed by atoms with van der Waals surface area (Å²) in [7, 11) is 0. The van der Waals surface area contributed by atoms with Crippen molar-refractivity contribution < 1.29 is 14.7 Å². The lowest BCUT2D eigenvalue weighted by Crippen LogP contribution is -2.21. The van der Waals surface area contributed by atoms with E-state index in [-0.39, 0.29) is 6.54 Å². The lowest BCUT2D eigenvalue weighted by molar-refractivity contribution is -0.138. The number of carbonyl (C=O) groups is 2. The smallest absolute Gasteiger partial charge is 0.312 e. The van der Waals surface area contributed by atoms with E-state index in [0.717, 1.165) is 0 Å². The lowest BCUT2D eigenvalue weighted by Gasteiger charge is -2.09. The van der Waals surface area contributed by atoms with Gasteiger partial charge >= 0.3 is 5.97 Å². The molecule has 0 saturated carbocycles. The standard InChI is InChI=1S/C10H12N2O3/c11-5-8(10(14)15)6-1-3-7(4-2-6)9(12)13/h1-4,8H,5,11H2,(H2,12,13)(H,14,15). The molecule has 1 unspecified atom stereocenters. The van der Waals surface area contributed by atoms with Crippen LogP contribution in [0.2, 0.25) is 0 Å². The monoisotopic (exact) mass is 208 g/mol.